The third-order valence-corrected chi connectivity index (χ3v) is 3.64. The van der Waals surface area contributed by atoms with Gasteiger partial charge in [-0.25, -0.2) is 4.98 Å². The minimum atomic E-state index is -0.296. The molecule has 1 aliphatic rings. The van der Waals surface area contributed by atoms with Gasteiger partial charge < -0.3 is 15.6 Å². The second-order valence-electron chi connectivity index (χ2n) is 4.21. The Hall–Kier alpha value is -1.50. The van der Waals surface area contributed by atoms with Crippen LogP contribution in [0.5, 0.6) is 0 Å². The number of nitrogens with zero attached hydrogens (tertiary/aromatic N) is 2. The molecule has 0 bridgehead atoms. The van der Waals surface area contributed by atoms with Gasteiger partial charge in [0.15, 0.2) is 5.16 Å². The molecule has 0 spiro atoms. The van der Waals surface area contributed by atoms with E-state index < -0.39 is 0 Å². The molecule has 1 aromatic rings. The Kier molecular flexibility index (Phi) is 4.24. The molecule has 2 heterocycles. The van der Waals surface area contributed by atoms with Crippen molar-refractivity contribution in [2.45, 2.75) is 24.4 Å². The van der Waals surface area contributed by atoms with Crippen LogP contribution in [0.1, 0.15) is 19.3 Å². The molecule has 2 rings (SSSR count). The fourth-order valence-electron chi connectivity index (χ4n) is 1.89. The maximum Gasteiger partial charge on any atom is 0.253 e. The lowest BCUT2D eigenvalue weighted by atomic mass is 10.1. The first kappa shape index (κ1) is 12.9. The fourth-order valence-corrected chi connectivity index (χ4v) is 2.67. The molecule has 7 heteroatoms. The molecule has 1 amide bonds. The van der Waals surface area contributed by atoms with E-state index in [0.717, 1.165) is 25.9 Å². The molecule has 3 N–H and O–H groups in total. The quantitative estimate of drug-likeness (QED) is 0.613. The lowest BCUT2D eigenvalue weighted by Gasteiger charge is -2.26. The van der Waals surface area contributed by atoms with E-state index >= 15 is 0 Å². The van der Waals surface area contributed by atoms with Gasteiger partial charge in [0.05, 0.1) is 5.75 Å². The van der Waals surface area contributed by atoms with Crippen molar-refractivity contribution in [3.8, 4) is 0 Å². The van der Waals surface area contributed by atoms with Gasteiger partial charge in [-0.3, -0.25) is 9.59 Å². The molecule has 0 saturated carbocycles. The normalized spacial score (nSPS) is 15.7. The number of amides is 1. The number of H-pyrrole nitrogens is 1. The number of piperidine rings is 1. The Labute approximate surface area is 109 Å². The van der Waals surface area contributed by atoms with Crippen molar-refractivity contribution < 1.29 is 4.79 Å². The van der Waals surface area contributed by atoms with Crippen LogP contribution in [0.2, 0.25) is 0 Å². The first-order valence-electron chi connectivity index (χ1n) is 5.92. The first-order valence-corrected chi connectivity index (χ1v) is 6.91. The highest BCUT2D eigenvalue weighted by Crippen LogP contribution is 2.15. The molecule has 0 atom stereocenters. The molecule has 98 valence electrons. The Morgan fingerprint density at radius 3 is 2.83 bits per heavy atom. The number of nitrogens with one attached hydrogen (secondary N) is 1. The number of nitrogen functional groups attached to an aromatic ring is 1. The third kappa shape index (κ3) is 3.49. The topological polar surface area (TPSA) is 92.1 Å². The standard InChI is InChI=1S/C11H16N4O2S/c12-8-6-9(16)14-11(13-8)18-7-10(17)15-4-2-1-3-5-15/h6H,1-5,7H2,(H3,12,13,14,16). The van der Waals surface area contributed by atoms with E-state index in [0.29, 0.717) is 5.16 Å². The summed E-state index contributed by atoms with van der Waals surface area (Å²) in [6, 6.07) is 1.22. The smallest absolute Gasteiger partial charge is 0.253 e. The molecule has 0 unspecified atom stereocenters. The average molecular weight is 268 g/mol. The van der Waals surface area contributed by atoms with Crippen LogP contribution in [-0.4, -0.2) is 39.6 Å². The summed E-state index contributed by atoms with van der Waals surface area (Å²) in [5.74, 6) is 0.545. The van der Waals surface area contributed by atoms with Crippen LogP contribution in [-0.2, 0) is 4.79 Å². The molecule has 0 aliphatic carbocycles. The molecular weight excluding hydrogens is 252 g/mol. The van der Waals surface area contributed by atoms with Crippen molar-refractivity contribution in [1.29, 1.82) is 0 Å². The second-order valence-corrected chi connectivity index (χ2v) is 5.17. The van der Waals surface area contributed by atoms with E-state index in [1.807, 2.05) is 4.90 Å². The molecule has 1 saturated heterocycles. The third-order valence-electron chi connectivity index (χ3n) is 2.78. The molecule has 1 aliphatic heterocycles. The number of carbonyl (C=O) groups is 1. The highest BCUT2D eigenvalue weighted by Gasteiger charge is 2.16. The summed E-state index contributed by atoms with van der Waals surface area (Å²) in [7, 11) is 0. The zero-order valence-corrected chi connectivity index (χ0v) is 10.8. The van der Waals surface area contributed by atoms with E-state index in [1.54, 1.807) is 0 Å². The summed E-state index contributed by atoms with van der Waals surface area (Å²) < 4.78 is 0. The summed E-state index contributed by atoms with van der Waals surface area (Å²) in [6.45, 7) is 1.67. The molecule has 6 nitrogen and oxygen atoms in total. The van der Waals surface area contributed by atoms with Gasteiger partial charge in [-0.1, -0.05) is 11.8 Å². The Balaban J connectivity index is 1.90. The molecule has 1 fully saturated rings. The number of thioether (sulfide) groups is 1. The average Bonchev–Trinajstić information content (AvgIpc) is 2.36. The highest BCUT2D eigenvalue weighted by molar-refractivity contribution is 7.99. The van der Waals surface area contributed by atoms with Crippen molar-refractivity contribution >= 4 is 23.5 Å². The minimum Gasteiger partial charge on any atom is -0.383 e. The number of hydrogen-bond acceptors (Lipinski definition) is 5. The van der Waals surface area contributed by atoms with Gasteiger partial charge in [0.2, 0.25) is 5.91 Å². The number of nitrogens with two attached hydrogens (primary N) is 1. The summed E-state index contributed by atoms with van der Waals surface area (Å²) >= 11 is 1.21. The van der Waals surface area contributed by atoms with Crippen molar-refractivity contribution in [1.82, 2.24) is 14.9 Å². The zero-order valence-electron chi connectivity index (χ0n) is 10.0. The van der Waals surface area contributed by atoms with Crippen molar-refractivity contribution in [2.24, 2.45) is 0 Å². The minimum absolute atomic E-state index is 0.0878. The van der Waals surface area contributed by atoms with E-state index in [4.69, 9.17) is 5.73 Å². The van der Waals surface area contributed by atoms with Gasteiger partial charge in [0, 0.05) is 19.2 Å². The van der Waals surface area contributed by atoms with Crippen LogP contribution in [0.15, 0.2) is 16.0 Å². The van der Waals surface area contributed by atoms with Crippen molar-refractivity contribution in [3.63, 3.8) is 0 Å². The maximum absolute atomic E-state index is 11.9. The molecular formula is C11H16N4O2S. The van der Waals surface area contributed by atoms with Crippen molar-refractivity contribution in [2.75, 3.05) is 24.6 Å². The van der Waals surface area contributed by atoms with Crippen LogP contribution in [0, 0.1) is 0 Å². The van der Waals surface area contributed by atoms with Gasteiger partial charge in [-0.05, 0) is 19.3 Å². The maximum atomic E-state index is 11.9. The zero-order chi connectivity index (χ0) is 13.0. The molecule has 0 aromatic carbocycles. The Bertz CT molecular complexity index is 482. The second kappa shape index (κ2) is 5.90. The highest BCUT2D eigenvalue weighted by atomic mass is 32.2. The lowest BCUT2D eigenvalue weighted by Crippen LogP contribution is -2.36. The number of carbonyl (C=O) groups excluding carboxylic acids is 1. The predicted octanol–water partition coefficient (Wildman–Crippen LogP) is 0.457. The summed E-state index contributed by atoms with van der Waals surface area (Å²) in [5, 5.41) is 0.394. The van der Waals surface area contributed by atoms with Gasteiger partial charge in [-0.2, -0.15) is 0 Å². The van der Waals surface area contributed by atoms with Gasteiger partial charge >= 0.3 is 0 Å². The summed E-state index contributed by atoms with van der Waals surface area (Å²) in [6.07, 6.45) is 3.34. The molecule has 1 aromatic heterocycles. The van der Waals surface area contributed by atoms with Crippen LogP contribution >= 0.6 is 11.8 Å². The monoisotopic (exact) mass is 268 g/mol. The molecule has 0 radical (unpaired) electrons. The van der Waals surface area contributed by atoms with E-state index in [9.17, 15) is 9.59 Å². The number of rotatable bonds is 3. The van der Waals surface area contributed by atoms with Crippen LogP contribution < -0.4 is 11.3 Å². The summed E-state index contributed by atoms with van der Waals surface area (Å²) in [5.41, 5.74) is 5.17. The van der Waals surface area contributed by atoms with Crippen LogP contribution in [0.3, 0.4) is 0 Å². The number of hydrogen-bond donors (Lipinski definition) is 2. The summed E-state index contributed by atoms with van der Waals surface area (Å²) in [4.78, 5) is 31.4. The molecule has 18 heavy (non-hydrogen) atoms. The van der Waals surface area contributed by atoms with Crippen LogP contribution in [0.25, 0.3) is 0 Å². The Morgan fingerprint density at radius 1 is 1.44 bits per heavy atom. The Morgan fingerprint density at radius 2 is 2.17 bits per heavy atom. The van der Waals surface area contributed by atoms with E-state index in [-0.39, 0.29) is 23.0 Å². The SMILES string of the molecule is Nc1cc(=O)[nH]c(SCC(=O)N2CCCCC2)n1. The first-order chi connectivity index (χ1) is 8.65. The predicted molar refractivity (Wildman–Crippen MR) is 70.4 cm³/mol. The van der Waals surface area contributed by atoms with Gasteiger partial charge in [0.25, 0.3) is 5.56 Å². The number of aromatic nitrogens is 2. The van der Waals surface area contributed by atoms with Crippen molar-refractivity contribution in [3.05, 3.63) is 16.4 Å². The van der Waals surface area contributed by atoms with E-state index in [2.05, 4.69) is 9.97 Å². The van der Waals surface area contributed by atoms with Crippen LogP contribution in [0.4, 0.5) is 5.82 Å². The lowest BCUT2D eigenvalue weighted by molar-refractivity contribution is -0.129. The van der Waals surface area contributed by atoms with E-state index in [1.165, 1.54) is 24.2 Å². The largest absolute Gasteiger partial charge is 0.383 e. The number of anilines is 1. The number of likely N-dealkylation sites (tertiary alicyclic amines) is 1. The number of aromatic amines is 1. The fraction of sp³-hybridized carbons (Fsp3) is 0.545. The van der Waals surface area contributed by atoms with Gasteiger partial charge in [0.1, 0.15) is 5.82 Å². The van der Waals surface area contributed by atoms with Gasteiger partial charge in [-0.15, -0.1) is 0 Å².